The minimum atomic E-state index is -1.01. The van der Waals surface area contributed by atoms with Crippen molar-refractivity contribution >= 4 is 12.0 Å². The Kier molecular flexibility index (Phi) is 6.52. The molecule has 0 radical (unpaired) electrons. The molecule has 6 heteroatoms. The SMILES string of the molecule is CCC[C@H](NC(=O)N(C)Cc1ccc(OC)cc1)C(=O)O. The summed E-state index contributed by atoms with van der Waals surface area (Å²) in [6.07, 6.45) is 1.11. The zero-order valence-corrected chi connectivity index (χ0v) is 12.6. The second kappa shape index (κ2) is 8.14. The lowest BCUT2D eigenvalue weighted by Gasteiger charge is -2.21. The summed E-state index contributed by atoms with van der Waals surface area (Å²) in [6.45, 7) is 2.28. The average molecular weight is 294 g/mol. The Morgan fingerprint density at radius 3 is 2.43 bits per heavy atom. The molecule has 0 heterocycles. The molecule has 0 fully saturated rings. The first-order chi connectivity index (χ1) is 9.97. The van der Waals surface area contributed by atoms with Gasteiger partial charge in [0.1, 0.15) is 11.8 Å². The van der Waals surface area contributed by atoms with Crippen LogP contribution in [0.2, 0.25) is 0 Å². The fourth-order valence-electron chi connectivity index (χ4n) is 1.88. The number of carbonyl (C=O) groups is 2. The lowest BCUT2D eigenvalue weighted by Crippen LogP contribution is -2.46. The monoisotopic (exact) mass is 294 g/mol. The van der Waals surface area contributed by atoms with E-state index in [2.05, 4.69) is 5.32 Å². The summed E-state index contributed by atoms with van der Waals surface area (Å²) in [4.78, 5) is 24.5. The van der Waals surface area contributed by atoms with Crippen LogP contribution in [0.3, 0.4) is 0 Å². The number of methoxy groups -OCH3 is 1. The molecule has 1 atom stereocenters. The van der Waals surface area contributed by atoms with Crippen LogP contribution in [0, 0.1) is 0 Å². The van der Waals surface area contributed by atoms with Crippen molar-refractivity contribution in [1.82, 2.24) is 10.2 Å². The van der Waals surface area contributed by atoms with Gasteiger partial charge in [-0.3, -0.25) is 0 Å². The summed E-state index contributed by atoms with van der Waals surface area (Å²) in [5, 5.41) is 11.6. The van der Waals surface area contributed by atoms with E-state index < -0.39 is 18.0 Å². The smallest absolute Gasteiger partial charge is 0.326 e. The van der Waals surface area contributed by atoms with Gasteiger partial charge in [0.25, 0.3) is 0 Å². The van der Waals surface area contributed by atoms with Gasteiger partial charge in [-0.15, -0.1) is 0 Å². The number of rotatable bonds is 7. The van der Waals surface area contributed by atoms with Crippen LogP contribution >= 0.6 is 0 Å². The van der Waals surface area contributed by atoms with Gasteiger partial charge in [-0.25, -0.2) is 9.59 Å². The minimum absolute atomic E-state index is 0.397. The van der Waals surface area contributed by atoms with E-state index in [0.29, 0.717) is 19.4 Å². The summed E-state index contributed by atoms with van der Waals surface area (Å²) in [6, 6.07) is 6.12. The number of hydrogen-bond acceptors (Lipinski definition) is 3. The first kappa shape index (κ1) is 16.8. The van der Waals surface area contributed by atoms with Gasteiger partial charge in [-0.2, -0.15) is 0 Å². The van der Waals surface area contributed by atoms with Crippen LogP contribution in [0.15, 0.2) is 24.3 Å². The second-order valence-electron chi connectivity index (χ2n) is 4.83. The number of aliphatic carboxylic acids is 1. The number of carboxylic acid groups (broad SMARTS) is 1. The number of urea groups is 1. The van der Waals surface area contributed by atoms with E-state index in [1.165, 1.54) is 4.90 Å². The molecule has 2 N–H and O–H groups in total. The Morgan fingerprint density at radius 2 is 1.95 bits per heavy atom. The van der Waals surface area contributed by atoms with Crippen LogP contribution in [0.4, 0.5) is 4.79 Å². The predicted octanol–water partition coefficient (Wildman–Crippen LogP) is 2.09. The molecular weight excluding hydrogens is 272 g/mol. The molecule has 0 aliphatic rings. The summed E-state index contributed by atoms with van der Waals surface area (Å²) in [5.74, 6) is -0.261. The highest BCUT2D eigenvalue weighted by Crippen LogP contribution is 2.12. The predicted molar refractivity (Wildman–Crippen MR) is 79.3 cm³/mol. The normalized spacial score (nSPS) is 11.6. The Morgan fingerprint density at radius 1 is 1.33 bits per heavy atom. The van der Waals surface area contributed by atoms with Crippen LogP contribution in [0.5, 0.6) is 5.75 Å². The number of nitrogens with one attached hydrogen (secondary N) is 1. The zero-order valence-electron chi connectivity index (χ0n) is 12.6. The number of nitrogens with zero attached hydrogens (tertiary/aromatic N) is 1. The third-order valence-electron chi connectivity index (χ3n) is 3.10. The zero-order chi connectivity index (χ0) is 15.8. The van der Waals surface area contributed by atoms with Gasteiger partial charge in [0.2, 0.25) is 0 Å². The highest BCUT2D eigenvalue weighted by atomic mass is 16.5. The van der Waals surface area contributed by atoms with E-state index in [1.807, 2.05) is 31.2 Å². The number of ether oxygens (including phenoxy) is 1. The van der Waals surface area contributed by atoms with Crippen molar-refractivity contribution in [1.29, 1.82) is 0 Å². The molecule has 1 aromatic rings. The summed E-state index contributed by atoms with van der Waals surface area (Å²) < 4.78 is 5.07. The third-order valence-corrected chi connectivity index (χ3v) is 3.10. The van der Waals surface area contributed by atoms with Crippen LogP contribution in [-0.2, 0) is 11.3 Å². The lowest BCUT2D eigenvalue weighted by molar-refractivity contribution is -0.139. The number of carboxylic acids is 1. The van der Waals surface area contributed by atoms with Crippen molar-refractivity contribution in [3.63, 3.8) is 0 Å². The molecule has 6 nitrogen and oxygen atoms in total. The molecule has 1 rings (SSSR count). The van der Waals surface area contributed by atoms with E-state index >= 15 is 0 Å². The molecule has 1 aromatic carbocycles. The fraction of sp³-hybridized carbons (Fsp3) is 0.467. The van der Waals surface area contributed by atoms with Crippen LogP contribution in [0.25, 0.3) is 0 Å². The molecule has 0 spiro atoms. The Bertz CT molecular complexity index is 473. The molecule has 0 aliphatic carbocycles. The third kappa shape index (κ3) is 5.33. The van der Waals surface area contributed by atoms with Crippen LogP contribution in [-0.4, -0.2) is 42.2 Å². The van der Waals surface area contributed by atoms with E-state index in [-0.39, 0.29) is 0 Å². The van der Waals surface area contributed by atoms with E-state index in [9.17, 15) is 9.59 Å². The topological polar surface area (TPSA) is 78.9 Å². The molecule has 116 valence electrons. The van der Waals surface area contributed by atoms with E-state index in [0.717, 1.165) is 11.3 Å². The van der Waals surface area contributed by atoms with Gasteiger partial charge in [0, 0.05) is 13.6 Å². The van der Waals surface area contributed by atoms with Gasteiger partial charge < -0.3 is 20.1 Å². The second-order valence-corrected chi connectivity index (χ2v) is 4.83. The van der Waals surface area contributed by atoms with Gasteiger partial charge in [-0.05, 0) is 24.1 Å². The first-order valence-electron chi connectivity index (χ1n) is 6.85. The minimum Gasteiger partial charge on any atom is -0.497 e. The van der Waals surface area contributed by atoms with Gasteiger partial charge in [-0.1, -0.05) is 25.5 Å². The highest BCUT2D eigenvalue weighted by molar-refractivity contribution is 5.82. The molecule has 21 heavy (non-hydrogen) atoms. The van der Waals surface area contributed by atoms with E-state index in [1.54, 1.807) is 14.2 Å². The number of carbonyl (C=O) groups excluding carboxylic acids is 1. The van der Waals surface area contributed by atoms with Crippen molar-refractivity contribution < 1.29 is 19.4 Å². The molecule has 0 unspecified atom stereocenters. The molecule has 0 bridgehead atoms. The molecule has 0 aromatic heterocycles. The Balaban J connectivity index is 2.58. The molecule has 0 saturated heterocycles. The lowest BCUT2D eigenvalue weighted by atomic mass is 10.2. The standard InChI is InChI=1S/C15H22N2O4/c1-4-5-13(14(18)19)16-15(20)17(2)10-11-6-8-12(21-3)9-7-11/h6-9,13H,4-5,10H2,1-3H3,(H,16,20)(H,18,19)/t13-/m0/s1. The maximum atomic E-state index is 12.0. The summed E-state index contributed by atoms with van der Waals surface area (Å²) >= 11 is 0. The average Bonchev–Trinajstić information content (AvgIpc) is 2.47. The van der Waals surface area contributed by atoms with Crippen LogP contribution in [0.1, 0.15) is 25.3 Å². The molecule has 0 aliphatic heterocycles. The summed E-state index contributed by atoms with van der Waals surface area (Å²) in [7, 11) is 3.22. The maximum absolute atomic E-state index is 12.0. The van der Waals surface area contributed by atoms with Crippen LogP contribution < -0.4 is 10.1 Å². The van der Waals surface area contributed by atoms with Crippen molar-refractivity contribution in [2.75, 3.05) is 14.2 Å². The fourth-order valence-corrected chi connectivity index (χ4v) is 1.88. The Hall–Kier alpha value is -2.24. The number of amides is 2. The van der Waals surface area contributed by atoms with Gasteiger partial charge in [0.05, 0.1) is 7.11 Å². The van der Waals surface area contributed by atoms with Crippen molar-refractivity contribution in [3.05, 3.63) is 29.8 Å². The number of hydrogen-bond donors (Lipinski definition) is 2. The van der Waals surface area contributed by atoms with Crippen molar-refractivity contribution in [2.24, 2.45) is 0 Å². The summed E-state index contributed by atoms with van der Waals surface area (Å²) in [5.41, 5.74) is 0.941. The highest BCUT2D eigenvalue weighted by Gasteiger charge is 2.20. The Labute approximate surface area is 124 Å². The van der Waals surface area contributed by atoms with E-state index in [4.69, 9.17) is 9.84 Å². The quantitative estimate of drug-likeness (QED) is 0.807. The molecular formula is C15H22N2O4. The van der Waals surface area contributed by atoms with Crippen molar-refractivity contribution in [3.8, 4) is 5.75 Å². The number of benzene rings is 1. The first-order valence-corrected chi connectivity index (χ1v) is 6.85. The van der Waals surface area contributed by atoms with Crippen molar-refractivity contribution in [2.45, 2.75) is 32.4 Å². The largest absolute Gasteiger partial charge is 0.497 e. The maximum Gasteiger partial charge on any atom is 0.326 e. The molecule has 2 amide bonds. The van der Waals surface area contributed by atoms with Gasteiger partial charge in [0.15, 0.2) is 0 Å². The molecule has 0 saturated carbocycles. The van der Waals surface area contributed by atoms with Gasteiger partial charge >= 0.3 is 12.0 Å².